The van der Waals surface area contributed by atoms with Gasteiger partial charge in [0.05, 0.1) is 18.2 Å². The van der Waals surface area contributed by atoms with E-state index in [1.807, 2.05) is 74.5 Å². The molecule has 0 bridgehead atoms. The number of nitrogens with zero attached hydrogens (tertiary/aromatic N) is 3. The maximum absolute atomic E-state index is 13.6. The molecular formula is C28H33BN4O5. The number of carbonyl (C=O) groups excluding carboxylic acids is 2. The number of nitrogens with one attached hydrogen (secondary N) is 1. The Morgan fingerprint density at radius 2 is 1.82 bits per heavy atom. The Balaban J connectivity index is 1.52. The normalized spacial score (nSPS) is 17.6. The van der Waals surface area contributed by atoms with E-state index >= 15 is 0 Å². The van der Waals surface area contributed by atoms with Crippen molar-refractivity contribution >= 4 is 35.4 Å². The second-order valence-corrected chi connectivity index (χ2v) is 10.2. The molecule has 38 heavy (non-hydrogen) atoms. The average molecular weight is 516 g/mol. The summed E-state index contributed by atoms with van der Waals surface area (Å²) in [5, 5.41) is 28.4. The second-order valence-electron chi connectivity index (χ2n) is 10.2. The fourth-order valence-electron chi connectivity index (χ4n) is 4.73. The molecule has 1 aliphatic heterocycles. The van der Waals surface area contributed by atoms with Gasteiger partial charge in [0.25, 0.3) is 11.8 Å². The summed E-state index contributed by atoms with van der Waals surface area (Å²) in [6.07, 6.45) is 2.36. The van der Waals surface area contributed by atoms with Crippen molar-refractivity contribution in [1.82, 2.24) is 15.2 Å². The van der Waals surface area contributed by atoms with Gasteiger partial charge in [0.1, 0.15) is 5.69 Å². The highest BCUT2D eigenvalue weighted by atomic mass is 16.7. The van der Waals surface area contributed by atoms with Crippen molar-refractivity contribution in [2.24, 2.45) is 11.1 Å². The minimum Gasteiger partial charge on any atom is -0.426 e. The molecule has 0 fully saturated rings. The van der Waals surface area contributed by atoms with Crippen LogP contribution < -0.4 is 5.32 Å². The molecule has 1 aromatic heterocycles. The van der Waals surface area contributed by atoms with E-state index in [0.717, 1.165) is 16.3 Å². The number of rotatable bonds is 10. The zero-order valence-corrected chi connectivity index (χ0v) is 21.9. The van der Waals surface area contributed by atoms with Crippen molar-refractivity contribution in [2.75, 3.05) is 13.6 Å². The van der Waals surface area contributed by atoms with Crippen molar-refractivity contribution < 1.29 is 24.5 Å². The third kappa shape index (κ3) is 6.20. The third-order valence-corrected chi connectivity index (χ3v) is 6.63. The predicted octanol–water partition coefficient (Wildman–Crippen LogP) is 2.61. The molecule has 10 heteroatoms. The lowest BCUT2D eigenvalue weighted by Gasteiger charge is -2.29. The maximum Gasteiger partial charge on any atom is 0.475 e. The standard InChI is InChI=1S/C28H33BN4O5/c1-19(2)15-24(29(36)37)31-27(35)28(16-20-9-5-4-6-10-20)17-22(32-38-28)18-33(3)26(34)25-23-12-8-7-11-21(23)13-14-30-25/h4-14,19,24,36-37H,15-18H2,1-3H3,(H,31,35)/t24-,28?/m0/s1. The van der Waals surface area contributed by atoms with Crippen LogP contribution in [0.4, 0.5) is 0 Å². The summed E-state index contributed by atoms with van der Waals surface area (Å²) in [6.45, 7) is 4.02. The number of carbonyl (C=O) groups is 2. The quantitative estimate of drug-likeness (QED) is 0.356. The monoisotopic (exact) mass is 516 g/mol. The largest absolute Gasteiger partial charge is 0.475 e. The van der Waals surface area contributed by atoms with E-state index in [0.29, 0.717) is 17.8 Å². The highest BCUT2D eigenvalue weighted by Crippen LogP contribution is 2.30. The highest BCUT2D eigenvalue weighted by Gasteiger charge is 2.48. The van der Waals surface area contributed by atoms with Crippen LogP contribution >= 0.6 is 0 Å². The molecule has 1 unspecified atom stereocenters. The van der Waals surface area contributed by atoms with E-state index < -0.39 is 24.6 Å². The molecule has 3 N–H and O–H groups in total. The predicted molar refractivity (Wildman–Crippen MR) is 146 cm³/mol. The van der Waals surface area contributed by atoms with E-state index in [1.165, 1.54) is 4.90 Å². The van der Waals surface area contributed by atoms with Gasteiger partial charge in [-0.2, -0.15) is 0 Å². The molecule has 0 spiro atoms. The van der Waals surface area contributed by atoms with Crippen LogP contribution in [0.25, 0.3) is 10.8 Å². The Morgan fingerprint density at radius 1 is 1.11 bits per heavy atom. The first-order valence-corrected chi connectivity index (χ1v) is 12.7. The molecule has 3 aromatic rings. The Labute approximate surface area is 222 Å². The molecule has 0 radical (unpaired) electrons. The summed E-state index contributed by atoms with van der Waals surface area (Å²) in [6, 6.07) is 18.8. The summed E-state index contributed by atoms with van der Waals surface area (Å²) in [4.78, 5) is 38.5. The maximum atomic E-state index is 13.6. The topological polar surface area (TPSA) is 124 Å². The Bertz CT molecular complexity index is 1310. The summed E-state index contributed by atoms with van der Waals surface area (Å²) in [5.41, 5.74) is 0.347. The minimum absolute atomic E-state index is 0.130. The van der Waals surface area contributed by atoms with Crippen molar-refractivity contribution in [1.29, 1.82) is 0 Å². The van der Waals surface area contributed by atoms with Crippen LogP contribution in [0, 0.1) is 5.92 Å². The van der Waals surface area contributed by atoms with E-state index in [2.05, 4.69) is 15.5 Å². The van der Waals surface area contributed by atoms with Gasteiger partial charge in [0, 0.05) is 31.5 Å². The van der Waals surface area contributed by atoms with Gasteiger partial charge in [-0.25, -0.2) is 0 Å². The summed E-state index contributed by atoms with van der Waals surface area (Å²) in [5.74, 6) is -1.48. The molecule has 1 aliphatic rings. The van der Waals surface area contributed by atoms with Crippen LogP contribution in [0.3, 0.4) is 0 Å². The lowest BCUT2D eigenvalue weighted by molar-refractivity contribution is -0.144. The number of fused-ring (bicyclic) bond motifs is 1. The second kappa shape index (κ2) is 11.7. The van der Waals surface area contributed by atoms with Crippen LogP contribution in [0.5, 0.6) is 0 Å². The molecule has 4 rings (SSSR count). The zero-order valence-electron chi connectivity index (χ0n) is 21.9. The van der Waals surface area contributed by atoms with Crippen molar-refractivity contribution in [3.63, 3.8) is 0 Å². The molecule has 0 aliphatic carbocycles. The molecule has 0 saturated carbocycles. The number of oxime groups is 1. The van der Waals surface area contributed by atoms with Gasteiger partial charge in [-0.05, 0) is 29.4 Å². The number of aromatic nitrogens is 1. The number of benzene rings is 2. The highest BCUT2D eigenvalue weighted by molar-refractivity contribution is 6.43. The molecule has 2 atom stereocenters. The van der Waals surface area contributed by atoms with Crippen LogP contribution in [-0.2, 0) is 16.1 Å². The zero-order chi connectivity index (χ0) is 27.3. The first-order valence-electron chi connectivity index (χ1n) is 12.7. The Morgan fingerprint density at radius 3 is 2.53 bits per heavy atom. The van der Waals surface area contributed by atoms with Crippen LogP contribution in [0.1, 0.15) is 42.7 Å². The van der Waals surface area contributed by atoms with Gasteiger partial charge in [-0.3, -0.25) is 14.6 Å². The van der Waals surface area contributed by atoms with Gasteiger partial charge in [-0.15, -0.1) is 0 Å². The van der Waals surface area contributed by atoms with E-state index in [9.17, 15) is 19.6 Å². The molecule has 0 saturated heterocycles. The van der Waals surface area contributed by atoms with E-state index in [4.69, 9.17) is 4.84 Å². The summed E-state index contributed by atoms with van der Waals surface area (Å²) >= 11 is 0. The molecule has 2 amide bonds. The van der Waals surface area contributed by atoms with E-state index in [1.54, 1.807) is 13.2 Å². The first-order chi connectivity index (χ1) is 18.2. The fourth-order valence-corrected chi connectivity index (χ4v) is 4.73. The lowest BCUT2D eigenvalue weighted by atomic mass is 9.74. The SMILES string of the molecule is CC(C)C[C@H](NC(=O)C1(Cc2ccccc2)CC(CN(C)C(=O)c2nccc3ccccc23)=NO1)B(O)O. The summed E-state index contributed by atoms with van der Waals surface area (Å²) < 4.78 is 0. The Kier molecular flexibility index (Phi) is 8.43. The van der Waals surface area contributed by atoms with E-state index in [-0.39, 0.29) is 31.2 Å². The van der Waals surface area contributed by atoms with Crippen molar-refractivity contribution in [2.45, 2.75) is 44.7 Å². The van der Waals surface area contributed by atoms with Gasteiger partial charge < -0.3 is 25.1 Å². The van der Waals surface area contributed by atoms with Gasteiger partial charge >= 0.3 is 7.12 Å². The lowest BCUT2D eigenvalue weighted by Crippen LogP contribution is -2.56. The Hall–Kier alpha value is -3.76. The third-order valence-electron chi connectivity index (χ3n) is 6.63. The first kappa shape index (κ1) is 27.3. The van der Waals surface area contributed by atoms with Crippen molar-refractivity contribution in [3.8, 4) is 0 Å². The fraction of sp³-hybridized carbons (Fsp3) is 0.357. The molecule has 9 nitrogen and oxygen atoms in total. The molecule has 2 aromatic carbocycles. The van der Waals surface area contributed by atoms with Crippen LogP contribution in [-0.4, -0.2) is 69.7 Å². The number of pyridine rings is 1. The van der Waals surface area contributed by atoms with Crippen LogP contribution in [0.15, 0.2) is 72.0 Å². The van der Waals surface area contributed by atoms with Gasteiger partial charge in [0.2, 0.25) is 5.60 Å². The number of hydrogen-bond donors (Lipinski definition) is 3. The smallest absolute Gasteiger partial charge is 0.426 e. The summed E-state index contributed by atoms with van der Waals surface area (Å²) in [7, 11) is -0.0549. The number of amides is 2. The minimum atomic E-state index is -1.71. The van der Waals surface area contributed by atoms with Crippen LogP contribution in [0.2, 0.25) is 0 Å². The molecule has 2 heterocycles. The van der Waals surface area contributed by atoms with Gasteiger partial charge in [-0.1, -0.05) is 73.6 Å². The average Bonchev–Trinajstić information content (AvgIpc) is 3.31. The number of hydrogen-bond acceptors (Lipinski definition) is 7. The van der Waals surface area contributed by atoms with Crippen molar-refractivity contribution in [3.05, 3.63) is 78.1 Å². The van der Waals surface area contributed by atoms with Gasteiger partial charge in [0.15, 0.2) is 0 Å². The molecular weight excluding hydrogens is 483 g/mol. The molecule has 198 valence electrons.